The average Bonchev–Trinajstić information content (AvgIpc) is 2.56. The molecule has 2 rings (SSSR count). The predicted octanol–water partition coefficient (Wildman–Crippen LogP) is 3.43. The van der Waals surface area contributed by atoms with Crippen molar-refractivity contribution in [1.29, 1.82) is 0 Å². The van der Waals surface area contributed by atoms with Gasteiger partial charge in [-0.2, -0.15) is 4.31 Å². The van der Waals surface area contributed by atoms with Gasteiger partial charge in [0.05, 0.1) is 15.5 Å². The summed E-state index contributed by atoms with van der Waals surface area (Å²) in [7, 11) is -3.61. The first kappa shape index (κ1) is 19.2. The minimum atomic E-state index is -3.61. The summed E-state index contributed by atoms with van der Waals surface area (Å²) in [5.41, 5.74) is 0.218. The van der Waals surface area contributed by atoms with E-state index in [0.29, 0.717) is 13.1 Å². The van der Waals surface area contributed by atoms with Gasteiger partial charge in [-0.3, -0.25) is 4.79 Å². The summed E-state index contributed by atoms with van der Waals surface area (Å²) in [5.74, 6) is -0.302. The lowest BCUT2D eigenvalue weighted by atomic mass is 9.95. The number of amides is 1. The zero-order valence-corrected chi connectivity index (χ0v) is 15.8. The summed E-state index contributed by atoms with van der Waals surface area (Å²) in [6.45, 7) is 4.33. The number of rotatable bonds is 6. The van der Waals surface area contributed by atoms with Crippen LogP contribution >= 0.6 is 11.6 Å². The van der Waals surface area contributed by atoms with Crippen molar-refractivity contribution in [3.63, 3.8) is 0 Å². The molecule has 1 aliphatic carbocycles. The van der Waals surface area contributed by atoms with Crippen molar-refractivity contribution in [2.45, 2.75) is 56.9 Å². The van der Waals surface area contributed by atoms with E-state index in [1.54, 1.807) is 13.8 Å². The highest BCUT2D eigenvalue weighted by Crippen LogP contribution is 2.24. The Balaban J connectivity index is 2.26. The number of hydrogen-bond donors (Lipinski definition) is 1. The van der Waals surface area contributed by atoms with Gasteiger partial charge in [0.2, 0.25) is 10.0 Å². The van der Waals surface area contributed by atoms with E-state index in [4.69, 9.17) is 11.6 Å². The number of sulfonamides is 1. The maximum Gasteiger partial charge on any atom is 0.253 e. The fraction of sp³-hybridized carbons (Fsp3) is 0.588. The molecule has 0 saturated heterocycles. The molecule has 0 aliphatic heterocycles. The van der Waals surface area contributed by atoms with Crippen LogP contribution in [-0.2, 0) is 10.0 Å². The van der Waals surface area contributed by atoms with Crippen molar-refractivity contribution >= 4 is 27.5 Å². The molecule has 7 heteroatoms. The van der Waals surface area contributed by atoms with Crippen LogP contribution in [0.1, 0.15) is 56.3 Å². The fourth-order valence-corrected chi connectivity index (χ4v) is 4.75. The molecule has 1 aliphatic rings. The second-order valence-corrected chi connectivity index (χ2v) is 8.38. The number of carbonyl (C=O) groups is 1. The van der Waals surface area contributed by atoms with Gasteiger partial charge >= 0.3 is 0 Å². The van der Waals surface area contributed by atoms with E-state index < -0.39 is 10.0 Å². The number of nitrogens with one attached hydrogen (secondary N) is 1. The van der Waals surface area contributed by atoms with Gasteiger partial charge in [-0.25, -0.2) is 8.42 Å². The van der Waals surface area contributed by atoms with Crippen LogP contribution in [0.15, 0.2) is 23.1 Å². The Bertz CT molecular complexity index is 681. The number of carbonyl (C=O) groups excluding carboxylic acids is 1. The first-order valence-corrected chi connectivity index (χ1v) is 10.3. The molecular weight excluding hydrogens is 348 g/mol. The molecule has 0 atom stereocenters. The zero-order chi connectivity index (χ0) is 17.7. The monoisotopic (exact) mass is 372 g/mol. The zero-order valence-electron chi connectivity index (χ0n) is 14.2. The van der Waals surface area contributed by atoms with Crippen LogP contribution in [0.3, 0.4) is 0 Å². The standard InChI is InChI=1S/C17H25ClN2O3S/c1-3-20(4-2)24(22,23)14-10-11-16(18)15(12-14)17(21)19-13-8-6-5-7-9-13/h10-13H,3-9H2,1-2H3,(H,19,21). The highest BCUT2D eigenvalue weighted by atomic mass is 35.5. The summed E-state index contributed by atoms with van der Waals surface area (Å²) in [5, 5.41) is 3.25. The molecule has 0 spiro atoms. The van der Waals surface area contributed by atoms with Crippen LogP contribution in [-0.4, -0.2) is 37.8 Å². The van der Waals surface area contributed by atoms with Crippen LogP contribution in [0.4, 0.5) is 0 Å². The smallest absolute Gasteiger partial charge is 0.253 e. The number of halogens is 1. The van der Waals surface area contributed by atoms with Crippen molar-refractivity contribution in [3.8, 4) is 0 Å². The Morgan fingerprint density at radius 1 is 1.21 bits per heavy atom. The Hall–Kier alpha value is -1.11. The van der Waals surface area contributed by atoms with Crippen molar-refractivity contribution < 1.29 is 13.2 Å². The Morgan fingerprint density at radius 3 is 2.42 bits per heavy atom. The molecule has 0 aromatic heterocycles. The fourth-order valence-electron chi connectivity index (χ4n) is 3.06. The molecule has 0 heterocycles. The Labute approximate surface area is 149 Å². The summed E-state index contributed by atoms with van der Waals surface area (Å²) in [6.07, 6.45) is 5.33. The molecule has 1 fully saturated rings. The third-order valence-electron chi connectivity index (χ3n) is 4.47. The molecule has 1 saturated carbocycles. The van der Waals surface area contributed by atoms with Gasteiger partial charge in [-0.05, 0) is 31.0 Å². The van der Waals surface area contributed by atoms with Crippen LogP contribution < -0.4 is 5.32 Å². The van der Waals surface area contributed by atoms with Gasteiger partial charge in [0, 0.05) is 19.1 Å². The van der Waals surface area contributed by atoms with Crippen molar-refractivity contribution in [3.05, 3.63) is 28.8 Å². The van der Waals surface area contributed by atoms with Crippen LogP contribution in [0.5, 0.6) is 0 Å². The summed E-state index contributed by atoms with van der Waals surface area (Å²) < 4.78 is 26.6. The molecule has 1 aromatic carbocycles. The Kier molecular flexibility index (Phi) is 6.66. The minimum Gasteiger partial charge on any atom is -0.349 e. The molecule has 134 valence electrons. The second-order valence-electron chi connectivity index (χ2n) is 6.04. The predicted molar refractivity (Wildman–Crippen MR) is 95.9 cm³/mol. The van der Waals surface area contributed by atoms with Crippen molar-refractivity contribution in [2.24, 2.45) is 0 Å². The van der Waals surface area contributed by atoms with E-state index in [2.05, 4.69) is 5.32 Å². The van der Waals surface area contributed by atoms with Crippen LogP contribution in [0.25, 0.3) is 0 Å². The molecule has 0 radical (unpaired) electrons. The van der Waals surface area contributed by atoms with Gasteiger partial charge in [0.25, 0.3) is 5.91 Å². The third kappa shape index (κ3) is 4.29. The van der Waals surface area contributed by atoms with Crippen molar-refractivity contribution in [1.82, 2.24) is 9.62 Å². The third-order valence-corrected chi connectivity index (χ3v) is 6.84. The van der Waals surface area contributed by atoms with Gasteiger partial charge in [0.1, 0.15) is 0 Å². The lowest BCUT2D eigenvalue weighted by Crippen LogP contribution is -2.36. The molecule has 1 amide bonds. The van der Waals surface area contributed by atoms with Gasteiger partial charge in [-0.15, -0.1) is 0 Å². The number of nitrogens with zero attached hydrogens (tertiary/aromatic N) is 1. The largest absolute Gasteiger partial charge is 0.349 e. The quantitative estimate of drug-likeness (QED) is 0.831. The SMILES string of the molecule is CCN(CC)S(=O)(=O)c1ccc(Cl)c(C(=O)NC2CCCCC2)c1. The molecule has 0 unspecified atom stereocenters. The Morgan fingerprint density at radius 2 is 1.83 bits per heavy atom. The first-order chi connectivity index (χ1) is 11.4. The number of benzene rings is 1. The van der Waals surface area contributed by atoms with E-state index in [1.165, 1.54) is 28.9 Å². The lowest BCUT2D eigenvalue weighted by molar-refractivity contribution is 0.0927. The molecule has 0 bridgehead atoms. The topological polar surface area (TPSA) is 66.5 Å². The van der Waals surface area contributed by atoms with Crippen LogP contribution in [0.2, 0.25) is 5.02 Å². The van der Waals surface area contributed by atoms with Gasteiger partial charge < -0.3 is 5.32 Å². The lowest BCUT2D eigenvalue weighted by Gasteiger charge is -2.23. The van der Waals surface area contributed by atoms with E-state index in [0.717, 1.165) is 25.7 Å². The summed E-state index contributed by atoms with van der Waals surface area (Å²) >= 11 is 6.14. The summed E-state index contributed by atoms with van der Waals surface area (Å²) in [4.78, 5) is 12.6. The molecule has 1 N–H and O–H groups in total. The average molecular weight is 373 g/mol. The number of hydrogen-bond acceptors (Lipinski definition) is 3. The van der Waals surface area contributed by atoms with E-state index in [9.17, 15) is 13.2 Å². The van der Waals surface area contributed by atoms with E-state index in [1.807, 2.05) is 0 Å². The van der Waals surface area contributed by atoms with Crippen LogP contribution in [0, 0.1) is 0 Å². The van der Waals surface area contributed by atoms with Gasteiger partial charge in [-0.1, -0.05) is 44.7 Å². The first-order valence-electron chi connectivity index (χ1n) is 8.50. The maximum absolute atomic E-state index is 12.6. The minimum absolute atomic E-state index is 0.101. The maximum atomic E-state index is 12.6. The molecule has 5 nitrogen and oxygen atoms in total. The van der Waals surface area contributed by atoms with Gasteiger partial charge in [0.15, 0.2) is 0 Å². The van der Waals surface area contributed by atoms with E-state index >= 15 is 0 Å². The normalized spacial score (nSPS) is 16.3. The molecular formula is C17H25ClN2O3S. The second kappa shape index (κ2) is 8.32. The molecule has 24 heavy (non-hydrogen) atoms. The highest BCUT2D eigenvalue weighted by Gasteiger charge is 2.24. The van der Waals surface area contributed by atoms with E-state index in [-0.39, 0.29) is 27.4 Å². The summed E-state index contributed by atoms with van der Waals surface area (Å²) in [6, 6.07) is 4.46. The van der Waals surface area contributed by atoms with Crippen molar-refractivity contribution in [2.75, 3.05) is 13.1 Å². The molecule has 1 aromatic rings. The highest BCUT2D eigenvalue weighted by molar-refractivity contribution is 7.89.